The lowest BCUT2D eigenvalue weighted by Crippen LogP contribution is -2.47. The number of hydrogen-bond acceptors (Lipinski definition) is 5. The molecule has 1 aliphatic rings. The van der Waals surface area contributed by atoms with Crippen LogP contribution >= 0.6 is 0 Å². The van der Waals surface area contributed by atoms with Gasteiger partial charge in [0.1, 0.15) is 23.0 Å². The van der Waals surface area contributed by atoms with Crippen molar-refractivity contribution in [3.63, 3.8) is 0 Å². The summed E-state index contributed by atoms with van der Waals surface area (Å²) in [5.74, 6) is 0.113. The molecule has 1 atom stereocenters. The molecule has 0 saturated carbocycles. The normalized spacial score (nSPS) is 16.2. The lowest BCUT2D eigenvalue weighted by atomic mass is 9.96. The van der Waals surface area contributed by atoms with E-state index in [9.17, 15) is 13.2 Å². The predicted octanol–water partition coefficient (Wildman–Crippen LogP) is 3.96. The Labute approximate surface area is 166 Å². The highest BCUT2D eigenvalue weighted by molar-refractivity contribution is 7.89. The summed E-state index contributed by atoms with van der Waals surface area (Å²) >= 11 is 0. The molecule has 0 unspecified atom stereocenters. The van der Waals surface area contributed by atoms with Gasteiger partial charge >= 0.3 is 5.97 Å². The van der Waals surface area contributed by atoms with Gasteiger partial charge in [-0.25, -0.2) is 8.42 Å². The molecular weight excluding hydrogens is 378 g/mol. The molecular formula is C21H29NO5S. The lowest BCUT2D eigenvalue weighted by molar-refractivity contribution is -0.158. The van der Waals surface area contributed by atoms with E-state index in [0.717, 1.165) is 36.8 Å². The molecule has 6 nitrogen and oxygen atoms in total. The molecule has 0 spiro atoms. The Morgan fingerprint density at radius 3 is 2.50 bits per heavy atom. The highest BCUT2D eigenvalue weighted by Gasteiger charge is 2.32. The Morgan fingerprint density at radius 1 is 1.18 bits per heavy atom. The Kier molecular flexibility index (Phi) is 5.60. The maximum atomic E-state index is 12.9. The molecule has 0 saturated heterocycles. The summed E-state index contributed by atoms with van der Waals surface area (Å²) in [5.41, 5.74) is 1.07. The molecule has 1 N–H and O–H groups in total. The van der Waals surface area contributed by atoms with Crippen LogP contribution in [0.4, 0.5) is 0 Å². The number of carbonyl (C=O) groups is 1. The Hall–Kier alpha value is -1.86. The molecule has 1 aromatic carbocycles. The van der Waals surface area contributed by atoms with Crippen molar-refractivity contribution in [2.75, 3.05) is 0 Å². The zero-order valence-electron chi connectivity index (χ0n) is 17.2. The van der Waals surface area contributed by atoms with Crippen LogP contribution in [0.3, 0.4) is 0 Å². The molecule has 3 rings (SSSR count). The maximum absolute atomic E-state index is 12.9. The van der Waals surface area contributed by atoms with Gasteiger partial charge in [0, 0.05) is 23.4 Å². The molecule has 0 bridgehead atoms. The topological polar surface area (TPSA) is 85.6 Å². The van der Waals surface area contributed by atoms with Crippen LogP contribution in [-0.2, 0) is 32.4 Å². The van der Waals surface area contributed by atoms with E-state index in [0.29, 0.717) is 5.58 Å². The molecule has 0 amide bonds. The fourth-order valence-corrected chi connectivity index (χ4v) is 4.82. The number of furan rings is 1. The highest BCUT2D eigenvalue weighted by atomic mass is 32.2. The summed E-state index contributed by atoms with van der Waals surface area (Å²) in [7, 11) is -3.91. The summed E-state index contributed by atoms with van der Waals surface area (Å²) < 4.78 is 39.7. The van der Waals surface area contributed by atoms with E-state index in [4.69, 9.17) is 9.15 Å². The van der Waals surface area contributed by atoms with Gasteiger partial charge in [-0.2, -0.15) is 4.72 Å². The fraction of sp³-hybridized carbons (Fsp3) is 0.571. The second-order valence-corrected chi connectivity index (χ2v) is 10.5. The molecule has 1 heterocycles. The third-order valence-corrected chi connectivity index (χ3v) is 6.29. The van der Waals surface area contributed by atoms with Gasteiger partial charge in [0.2, 0.25) is 10.0 Å². The minimum absolute atomic E-state index is 0.0836. The van der Waals surface area contributed by atoms with Crippen LogP contribution in [0.25, 0.3) is 11.0 Å². The zero-order valence-corrected chi connectivity index (χ0v) is 18.0. The summed E-state index contributed by atoms with van der Waals surface area (Å²) in [6, 6.07) is 3.95. The molecule has 1 aliphatic carbocycles. The van der Waals surface area contributed by atoms with Crippen LogP contribution in [0.15, 0.2) is 27.5 Å². The molecule has 2 aromatic rings. The number of aryl methyl sites for hydroxylation is 2. The standard InChI is InChI=1S/C21H29NO5S/c1-13(2)19(20(23)27-21(3,4)5)22-28(24,25)14-10-11-16-15-8-6-7-9-17(15)26-18(16)12-14/h10-13,19,22H,6-9H2,1-5H3/t19-/m1/s1. The van der Waals surface area contributed by atoms with E-state index in [1.807, 2.05) is 0 Å². The van der Waals surface area contributed by atoms with E-state index < -0.39 is 27.6 Å². The van der Waals surface area contributed by atoms with Crippen LogP contribution < -0.4 is 4.72 Å². The number of fused-ring (bicyclic) bond motifs is 3. The first-order valence-corrected chi connectivity index (χ1v) is 11.3. The average Bonchev–Trinajstić information content (AvgIpc) is 2.95. The van der Waals surface area contributed by atoms with Gasteiger partial charge in [-0.05, 0) is 58.1 Å². The van der Waals surface area contributed by atoms with Gasteiger partial charge in [-0.3, -0.25) is 4.79 Å². The minimum atomic E-state index is -3.91. The summed E-state index contributed by atoms with van der Waals surface area (Å²) in [6.45, 7) is 8.82. The Bertz CT molecular complexity index is 982. The van der Waals surface area contributed by atoms with Crippen molar-refractivity contribution in [2.45, 2.75) is 76.8 Å². The number of esters is 1. The summed E-state index contributed by atoms with van der Waals surface area (Å²) in [6.07, 6.45) is 4.06. The number of benzene rings is 1. The van der Waals surface area contributed by atoms with Crippen molar-refractivity contribution < 1.29 is 22.4 Å². The number of rotatable bonds is 5. The lowest BCUT2D eigenvalue weighted by Gasteiger charge is -2.26. The van der Waals surface area contributed by atoms with Crippen LogP contribution in [-0.4, -0.2) is 26.0 Å². The van der Waals surface area contributed by atoms with Crippen LogP contribution in [0.2, 0.25) is 0 Å². The number of carbonyl (C=O) groups excluding carboxylic acids is 1. The van der Waals surface area contributed by atoms with E-state index in [1.54, 1.807) is 52.8 Å². The van der Waals surface area contributed by atoms with Crippen molar-refractivity contribution >= 4 is 27.0 Å². The highest BCUT2D eigenvalue weighted by Crippen LogP contribution is 2.33. The molecule has 0 fully saturated rings. The first-order valence-electron chi connectivity index (χ1n) is 9.77. The Morgan fingerprint density at radius 2 is 1.86 bits per heavy atom. The third-order valence-electron chi connectivity index (χ3n) is 4.85. The first-order chi connectivity index (χ1) is 13.0. The maximum Gasteiger partial charge on any atom is 0.324 e. The second-order valence-electron chi connectivity index (χ2n) is 8.75. The van der Waals surface area contributed by atoms with Gasteiger partial charge in [0.25, 0.3) is 0 Å². The average molecular weight is 408 g/mol. The SMILES string of the molecule is CC(C)[C@@H](NS(=O)(=O)c1ccc2c3c(oc2c1)CCCC3)C(=O)OC(C)(C)C. The minimum Gasteiger partial charge on any atom is -0.461 e. The monoisotopic (exact) mass is 407 g/mol. The predicted molar refractivity (Wildman–Crippen MR) is 108 cm³/mol. The fourth-order valence-electron chi connectivity index (χ4n) is 3.47. The summed E-state index contributed by atoms with van der Waals surface area (Å²) in [4.78, 5) is 12.6. The number of ether oxygens (including phenoxy) is 1. The smallest absolute Gasteiger partial charge is 0.324 e. The first kappa shape index (κ1) is 20.9. The van der Waals surface area contributed by atoms with E-state index in [1.165, 1.54) is 5.56 Å². The summed E-state index contributed by atoms with van der Waals surface area (Å²) in [5, 5.41) is 0.973. The molecule has 7 heteroatoms. The second kappa shape index (κ2) is 7.52. The molecule has 0 aliphatic heterocycles. The van der Waals surface area contributed by atoms with Crippen LogP contribution in [0.1, 0.15) is 58.8 Å². The van der Waals surface area contributed by atoms with Crippen molar-refractivity contribution in [1.82, 2.24) is 4.72 Å². The number of sulfonamides is 1. The quantitative estimate of drug-likeness (QED) is 0.759. The molecule has 154 valence electrons. The molecule has 0 radical (unpaired) electrons. The van der Waals surface area contributed by atoms with E-state index in [-0.39, 0.29) is 10.8 Å². The van der Waals surface area contributed by atoms with Gasteiger partial charge < -0.3 is 9.15 Å². The molecule has 1 aromatic heterocycles. The van der Waals surface area contributed by atoms with Crippen molar-refractivity contribution in [3.05, 3.63) is 29.5 Å². The van der Waals surface area contributed by atoms with Crippen molar-refractivity contribution in [3.8, 4) is 0 Å². The van der Waals surface area contributed by atoms with Crippen molar-refractivity contribution in [1.29, 1.82) is 0 Å². The van der Waals surface area contributed by atoms with Crippen LogP contribution in [0.5, 0.6) is 0 Å². The van der Waals surface area contributed by atoms with E-state index >= 15 is 0 Å². The van der Waals surface area contributed by atoms with E-state index in [2.05, 4.69) is 4.72 Å². The number of hydrogen-bond donors (Lipinski definition) is 1. The van der Waals surface area contributed by atoms with Gasteiger partial charge in [0.05, 0.1) is 4.90 Å². The largest absolute Gasteiger partial charge is 0.461 e. The zero-order chi connectivity index (χ0) is 20.7. The number of nitrogens with one attached hydrogen (secondary N) is 1. The third kappa shape index (κ3) is 4.41. The van der Waals surface area contributed by atoms with Gasteiger partial charge in [-0.1, -0.05) is 13.8 Å². The molecule has 28 heavy (non-hydrogen) atoms. The van der Waals surface area contributed by atoms with Gasteiger partial charge in [0.15, 0.2) is 0 Å². The van der Waals surface area contributed by atoms with Gasteiger partial charge in [-0.15, -0.1) is 0 Å². The van der Waals surface area contributed by atoms with Crippen LogP contribution in [0, 0.1) is 5.92 Å². The van der Waals surface area contributed by atoms with Crippen molar-refractivity contribution in [2.24, 2.45) is 5.92 Å². The Balaban J connectivity index is 1.89.